The van der Waals surface area contributed by atoms with Gasteiger partial charge in [0.25, 0.3) is 5.91 Å². The minimum atomic E-state index is -0.348. The smallest absolute Gasteiger partial charge is 0.307 e. The molecule has 1 saturated carbocycles. The average molecular weight is 507 g/mol. The molecule has 0 spiro atoms. The second-order valence-corrected chi connectivity index (χ2v) is 10.8. The van der Waals surface area contributed by atoms with E-state index in [0.717, 1.165) is 28.5 Å². The van der Waals surface area contributed by atoms with Crippen molar-refractivity contribution in [1.29, 1.82) is 0 Å². The van der Waals surface area contributed by atoms with E-state index < -0.39 is 0 Å². The number of fused-ring (bicyclic) bond motifs is 1. The molecule has 0 aliphatic heterocycles. The Bertz CT molecular complexity index is 1160. The number of hydrogen-bond acceptors (Lipinski definition) is 5. The van der Waals surface area contributed by atoms with Gasteiger partial charge in [-0.3, -0.25) is 9.59 Å². The Hall–Kier alpha value is -3.35. The van der Waals surface area contributed by atoms with Gasteiger partial charge < -0.3 is 19.9 Å². The number of anilines is 1. The summed E-state index contributed by atoms with van der Waals surface area (Å²) in [6.45, 7) is 7.98. The van der Waals surface area contributed by atoms with Gasteiger partial charge in [0, 0.05) is 25.7 Å². The Morgan fingerprint density at radius 1 is 1.03 bits per heavy atom. The van der Waals surface area contributed by atoms with Gasteiger partial charge in [-0.25, -0.2) is 4.98 Å². The van der Waals surface area contributed by atoms with Gasteiger partial charge in [-0.2, -0.15) is 0 Å². The maximum Gasteiger partial charge on any atom is 0.307 e. The number of methoxy groups -OCH3 is 1. The van der Waals surface area contributed by atoms with Gasteiger partial charge in [-0.1, -0.05) is 64.3 Å². The van der Waals surface area contributed by atoms with Gasteiger partial charge in [-0.15, -0.1) is 0 Å². The van der Waals surface area contributed by atoms with Crippen molar-refractivity contribution in [3.05, 3.63) is 59.7 Å². The highest BCUT2D eigenvalue weighted by Crippen LogP contribution is 2.37. The molecule has 200 valence electrons. The number of rotatable bonds is 7. The van der Waals surface area contributed by atoms with E-state index in [1.807, 2.05) is 48.0 Å². The van der Waals surface area contributed by atoms with E-state index in [1.54, 1.807) is 12.1 Å². The SMILES string of the molecule is CC(C)(C)C1CCCCC1.COC(=O)CCNC(=O)c1ccc(CNc2nc3ccccc3n2C)cc1. The number of para-hydroxylation sites is 2. The largest absolute Gasteiger partial charge is 0.469 e. The molecule has 1 fully saturated rings. The third-order valence-corrected chi connectivity index (χ3v) is 7.13. The summed E-state index contributed by atoms with van der Waals surface area (Å²) >= 11 is 0. The third-order valence-electron chi connectivity index (χ3n) is 7.13. The first-order valence-electron chi connectivity index (χ1n) is 13.3. The van der Waals surface area contributed by atoms with Crippen molar-refractivity contribution in [3.8, 4) is 0 Å². The summed E-state index contributed by atoms with van der Waals surface area (Å²) in [5, 5.41) is 6.02. The second kappa shape index (κ2) is 13.3. The average Bonchev–Trinajstić information content (AvgIpc) is 3.23. The van der Waals surface area contributed by atoms with Crippen LogP contribution in [0.25, 0.3) is 11.0 Å². The zero-order valence-electron chi connectivity index (χ0n) is 23.0. The second-order valence-electron chi connectivity index (χ2n) is 10.8. The molecule has 1 aliphatic rings. The van der Waals surface area contributed by atoms with Crippen LogP contribution in [0.2, 0.25) is 0 Å². The van der Waals surface area contributed by atoms with Crippen molar-refractivity contribution in [3.63, 3.8) is 0 Å². The lowest BCUT2D eigenvalue weighted by atomic mass is 9.72. The van der Waals surface area contributed by atoms with Gasteiger partial charge in [0.05, 0.1) is 24.6 Å². The number of nitrogens with one attached hydrogen (secondary N) is 2. The normalized spacial score (nSPS) is 14.0. The van der Waals surface area contributed by atoms with E-state index in [-0.39, 0.29) is 24.8 Å². The van der Waals surface area contributed by atoms with E-state index in [9.17, 15) is 9.59 Å². The van der Waals surface area contributed by atoms with Gasteiger partial charge in [0.2, 0.25) is 5.95 Å². The first-order valence-corrected chi connectivity index (χ1v) is 13.3. The van der Waals surface area contributed by atoms with E-state index in [1.165, 1.54) is 39.2 Å². The summed E-state index contributed by atoms with van der Waals surface area (Å²) in [5.74, 6) is 1.23. The summed E-state index contributed by atoms with van der Waals surface area (Å²) in [5.41, 5.74) is 4.17. The highest BCUT2D eigenvalue weighted by atomic mass is 16.5. The van der Waals surface area contributed by atoms with Crippen LogP contribution in [0.3, 0.4) is 0 Å². The molecule has 1 heterocycles. The van der Waals surface area contributed by atoms with Gasteiger partial charge in [0.15, 0.2) is 0 Å². The highest BCUT2D eigenvalue weighted by Gasteiger charge is 2.25. The number of imidazole rings is 1. The van der Waals surface area contributed by atoms with E-state index in [4.69, 9.17) is 0 Å². The van der Waals surface area contributed by atoms with Crippen LogP contribution < -0.4 is 10.6 Å². The molecule has 3 aromatic rings. The van der Waals surface area contributed by atoms with E-state index >= 15 is 0 Å². The van der Waals surface area contributed by atoms with Crippen LogP contribution in [0.1, 0.15) is 75.2 Å². The van der Waals surface area contributed by atoms with Gasteiger partial charge in [-0.05, 0) is 54.0 Å². The van der Waals surface area contributed by atoms with Crippen LogP contribution in [0, 0.1) is 11.3 Å². The number of ether oxygens (including phenoxy) is 1. The zero-order chi connectivity index (χ0) is 26.8. The van der Waals surface area contributed by atoms with Crippen LogP contribution >= 0.6 is 0 Å². The molecule has 2 N–H and O–H groups in total. The first kappa shape index (κ1) is 28.2. The van der Waals surface area contributed by atoms with Crippen molar-refractivity contribution in [2.45, 2.75) is 65.8 Å². The maximum absolute atomic E-state index is 12.1. The van der Waals surface area contributed by atoms with Crippen molar-refractivity contribution >= 4 is 28.9 Å². The van der Waals surface area contributed by atoms with Crippen molar-refractivity contribution in [1.82, 2.24) is 14.9 Å². The molecular weight excluding hydrogens is 464 g/mol. The molecule has 7 heteroatoms. The molecule has 0 bridgehead atoms. The Morgan fingerprint density at radius 3 is 2.30 bits per heavy atom. The molecule has 1 aliphatic carbocycles. The summed E-state index contributed by atoms with van der Waals surface area (Å²) < 4.78 is 6.55. The van der Waals surface area contributed by atoms with Crippen LogP contribution in [-0.4, -0.2) is 35.1 Å². The molecule has 4 rings (SSSR count). The number of aromatic nitrogens is 2. The quantitative estimate of drug-likeness (QED) is 0.379. The van der Waals surface area contributed by atoms with Gasteiger partial charge >= 0.3 is 5.97 Å². The minimum absolute atomic E-state index is 0.155. The number of aryl methyl sites for hydroxylation is 1. The predicted octanol–water partition coefficient (Wildman–Crippen LogP) is 6.09. The Balaban J connectivity index is 0.000000319. The Morgan fingerprint density at radius 2 is 1.70 bits per heavy atom. The molecule has 1 amide bonds. The predicted molar refractivity (Wildman–Crippen MR) is 149 cm³/mol. The number of carbonyl (C=O) groups is 2. The number of nitrogens with zero attached hydrogens (tertiary/aromatic N) is 2. The lowest BCUT2D eigenvalue weighted by Crippen LogP contribution is -2.26. The third kappa shape index (κ3) is 8.34. The monoisotopic (exact) mass is 506 g/mol. The van der Waals surface area contributed by atoms with Crippen LogP contribution in [0.15, 0.2) is 48.5 Å². The van der Waals surface area contributed by atoms with Crippen LogP contribution in [-0.2, 0) is 23.1 Å². The van der Waals surface area contributed by atoms with Crippen molar-refractivity contribution in [2.75, 3.05) is 19.0 Å². The molecule has 0 atom stereocenters. The van der Waals surface area contributed by atoms with E-state index in [0.29, 0.717) is 17.5 Å². The minimum Gasteiger partial charge on any atom is -0.469 e. The van der Waals surface area contributed by atoms with Crippen molar-refractivity contribution < 1.29 is 14.3 Å². The summed E-state index contributed by atoms with van der Waals surface area (Å²) in [4.78, 5) is 27.7. The Labute approximate surface area is 221 Å². The number of hydrogen-bond donors (Lipinski definition) is 2. The van der Waals surface area contributed by atoms with Crippen LogP contribution in [0.5, 0.6) is 0 Å². The summed E-state index contributed by atoms with van der Waals surface area (Å²) in [6, 6.07) is 15.3. The van der Waals surface area contributed by atoms with Crippen LogP contribution in [0.4, 0.5) is 5.95 Å². The number of benzene rings is 2. The zero-order valence-corrected chi connectivity index (χ0v) is 23.0. The first-order chi connectivity index (χ1) is 17.7. The molecule has 0 unspecified atom stereocenters. The number of carbonyl (C=O) groups excluding carboxylic acids is 2. The lowest BCUT2D eigenvalue weighted by Gasteiger charge is -2.33. The standard InChI is InChI=1S/C20H22N4O3.C10H20/c1-24-17-6-4-3-5-16(17)23-20(24)22-13-14-7-9-15(10-8-14)19(26)21-12-11-18(25)27-2;1-10(2,3)9-7-5-4-6-8-9/h3-10H,11-13H2,1-2H3,(H,21,26)(H,22,23);9H,4-8H2,1-3H3. The summed E-state index contributed by atoms with van der Waals surface area (Å²) in [7, 11) is 3.30. The van der Waals surface area contributed by atoms with Gasteiger partial charge in [0.1, 0.15) is 0 Å². The number of amides is 1. The number of esters is 1. The fourth-order valence-electron chi connectivity index (χ4n) is 4.71. The van der Waals surface area contributed by atoms with Crippen molar-refractivity contribution in [2.24, 2.45) is 18.4 Å². The molecule has 1 aromatic heterocycles. The fourth-order valence-corrected chi connectivity index (χ4v) is 4.71. The lowest BCUT2D eigenvalue weighted by molar-refractivity contribution is -0.140. The molecule has 0 radical (unpaired) electrons. The molecular formula is C30H42N4O3. The fraction of sp³-hybridized carbons (Fsp3) is 0.500. The Kier molecular flexibility index (Phi) is 10.1. The van der Waals surface area contributed by atoms with E-state index in [2.05, 4.69) is 41.1 Å². The molecule has 2 aromatic carbocycles. The summed E-state index contributed by atoms with van der Waals surface area (Å²) in [6.07, 6.45) is 7.53. The molecule has 37 heavy (non-hydrogen) atoms. The highest BCUT2D eigenvalue weighted by molar-refractivity contribution is 5.94. The topological polar surface area (TPSA) is 85.2 Å². The maximum atomic E-state index is 12.1. The molecule has 7 nitrogen and oxygen atoms in total. The molecule has 0 saturated heterocycles.